The van der Waals surface area contributed by atoms with Gasteiger partial charge in [-0.3, -0.25) is 4.79 Å². The van der Waals surface area contributed by atoms with Crippen LogP contribution in [0.2, 0.25) is 0 Å². The van der Waals surface area contributed by atoms with E-state index in [9.17, 15) is 4.79 Å². The van der Waals surface area contributed by atoms with E-state index in [4.69, 9.17) is 10.3 Å². The molecule has 0 fully saturated rings. The molecule has 2 aromatic rings. The Morgan fingerprint density at radius 3 is 2.85 bits per heavy atom. The highest BCUT2D eigenvalue weighted by Gasteiger charge is 2.18. The predicted molar refractivity (Wildman–Crippen MR) is 77.7 cm³/mol. The maximum absolute atomic E-state index is 11.0. The Labute approximate surface area is 125 Å². The Hall–Kier alpha value is -1.41. The number of nitrogens with zero attached hydrogens (tertiary/aromatic N) is 3. The summed E-state index contributed by atoms with van der Waals surface area (Å²) in [5, 5.41) is 3.90. The number of thiazole rings is 1. The quantitative estimate of drug-likeness (QED) is 0.822. The Balaban J connectivity index is 2.07. The molecular weight excluding hydrogens is 296 g/mol. The molecule has 2 aromatic heterocycles. The van der Waals surface area contributed by atoms with E-state index in [0.717, 1.165) is 21.3 Å². The summed E-state index contributed by atoms with van der Waals surface area (Å²) in [4.78, 5) is 20.6. The second kappa shape index (κ2) is 6.36. The van der Waals surface area contributed by atoms with Crippen LogP contribution in [0.15, 0.2) is 8.86 Å². The molecule has 0 aromatic carbocycles. The van der Waals surface area contributed by atoms with Gasteiger partial charge in [0.2, 0.25) is 11.8 Å². The molecule has 2 heterocycles. The van der Waals surface area contributed by atoms with E-state index in [1.54, 1.807) is 11.8 Å². The van der Waals surface area contributed by atoms with Gasteiger partial charge in [-0.15, -0.1) is 11.3 Å². The van der Waals surface area contributed by atoms with Gasteiger partial charge >= 0.3 is 0 Å². The number of aryl methyl sites for hydroxylation is 2. The molecule has 0 saturated carbocycles. The van der Waals surface area contributed by atoms with Gasteiger partial charge in [-0.05, 0) is 13.8 Å². The van der Waals surface area contributed by atoms with Crippen molar-refractivity contribution >= 4 is 29.0 Å². The van der Waals surface area contributed by atoms with Crippen LogP contribution in [0.1, 0.15) is 41.4 Å². The predicted octanol–water partition coefficient (Wildman–Crippen LogP) is 2.28. The third-order valence-corrected chi connectivity index (χ3v) is 4.97. The SMILES string of the molecule is CCc1noc([C@H](C)Sc2nc(C)c(CC(N)=O)s2)n1. The summed E-state index contributed by atoms with van der Waals surface area (Å²) in [6, 6.07) is 0. The molecule has 2 rings (SSSR count). The molecule has 20 heavy (non-hydrogen) atoms. The first kappa shape index (κ1) is 15.0. The maximum Gasteiger partial charge on any atom is 0.239 e. The molecule has 1 atom stereocenters. The van der Waals surface area contributed by atoms with Gasteiger partial charge in [0.1, 0.15) is 0 Å². The summed E-state index contributed by atoms with van der Waals surface area (Å²) in [6.07, 6.45) is 0.985. The topological polar surface area (TPSA) is 94.9 Å². The van der Waals surface area contributed by atoms with Gasteiger partial charge in [0.25, 0.3) is 0 Å². The Morgan fingerprint density at radius 1 is 1.50 bits per heavy atom. The van der Waals surface area contributed by atoms with Crippen LogP contribution < -0.4 is 5.73 Å². The Morgan fingerprint density at radius 2 is 2.25 bits per heavy atom. The average Bonchev–Trinajstić information content (AvgIpc) is 2.96. The molecule has 0 aliphatic carbocycles. The molecule has 8 heteroatoms. The monoisotopic (exact) mass is 312 g/mol. The number of primary amides is 1. The smallest absolute Gasteiger partial charge is 0.239 e. The van der Waals surface area contributed by atoms with Crippen molar-refractivity contribution in [3.8, 4) is 0 Å². The first-order valence-electron chi connectivity index (χ1n) is 6.23. The van der Waals surface area contributed by atoms with Gasteiger partial charge < -0.3 is 10.3 Å². The fraction of sp³-hybridized carbons (Fsp3) is 0.500. The molecule has 2 N–H and O–H groups in total. The molecule has 1 amide bonds. The minimum absolute atomic E-state index is 0.0229. The molecule has 0 saturated heterocycles. The third-order valence-electron chi connectivity index (χ3n) is 2.63. The van der Waals surface area contributed by atoms with E-state index in [1.165, 1.54) is 11.3 Å². The Kier molecular flexibility index (Phi) is 4.77. The fourth-order valence-corrected chi connectivity index (χ4v) is 3.97. The number of amides is 1. The Bertz CT molecular complexity index is 608. The second-order valence-electron chi connectivity index (χ2n) is 4.29. The van der Waals surface area contributed by atoms with Gasteiger partial charge in [0, 0.05) is 11.3 Å². The summed E-state index contributed by atoms with van der Waals surface area (Å²) in [5.41, 5.74) is 6.06. The standard InChI is InChI=1S/C12H16N4O2S2/c1-4-10-15-11(18-16-10)7(3)19-12-14-6(2)8(20-12)5-9(13)17/h7H,4-5H2,1-3H3,(H2,13,17)/t7-/m0/s1. The number of nitrogens with two attached hydrogens (primary N) is 1. The summed E-state index contributed by atoms with van der Waals surface area (Å²) < 4.78 is 6.09. The highest BCUT2D eigenvalue weighted by Crippen LogP contribution is 2.37. The van der Waals surface area contributed by atoms with Crippen molar-refractivity contribution in [3.63, 3.8) is 0 Å². The zero-order valence-corrected chi connectivity index (χ0v) is 13.2. The van der Waals surface area contributed by atoms with Crippen molar-refractivity contribution < 1.29 is 9.32 Å². The molecule has 0 unspecified atom stereocenters. The van der Waals surface area contributed by atoms with Gasteiger partial charge in [-0.25, -0.2) is 4.98 Å². The molecule has 0 bridgehead atoms. The minimum atomic E-state index is -0.342. The zero-order valence-electron chi connectivity index (χ0n) is 11.5. The lowest BCUT2D eigenvalue weighted by molar-refractivity contribution is -0.117. The van der Waals surface area contributed by atoms with Crippen molar-refractivity contribution in [1.29, 1.82) is 0 Å². The van der Waals surface area contributed by atoms with Crippen LogP contribution in [0.4, 0.5) is 0 Å². The maximum atomic E-state index is 11.0. The van der Waals surface area contributed by atoms with Crippen molar-refractivity contribution in [3.05, 3.63) is 22.3 Å². The van der Waals surface area contributed by atoms with Crippen LogP contribution in [0.25, 0.3) is 0 Å². The van der Waals surface area contributed by atoms with Gasteiger partial charge in [0.15, 0.2) is 10.2 Å². The molecule has 0 aliphatic heterocycles. The van der Waals surface area contributed by atoms with Crippen LogP contribution in [0, 0.1) is 6.92 Å². The molecule has 6 nitrogen and oxygen atoms in total. The summed E-state index contributed by atoms with van der Waals surface area (Å²) in [5.74, 6) is 0.958. The van der Waals surface area contributed by atoms with Crippen molar-refractivity contribution in [1.82, 2.24) is 15.1 Å². The number of rotatable bonds is 6. The highest BCUT2D eigenvalue weighted by atomic mass is 32.2. The number of carbonyl (C=O) groups is 1. The molecule has 0 aliphatic rings. The summed E-state index contributed by atoms with van der Waals surface area (Å²) >= 11 is 3.03. The van der Waals surface area contributed by atoms with E-state index < -0.39 is 0 Å². The molecule has 108 valence electrons. The first-order valence-corrected chi connectivity index (χ1v) is 7.93. The highest BCUT2D eigenvalue weighted by molar-refractivity contribution is 8.01. The molecular formula is C12H16N4O2S2. The van der Waals surface area contributed by atoms with Gasteiger partial charge in [-0.1, -0.05) is 23.8 Å². The number of aromatic nitrogens is 3. The van der Waals surface area contributed by atoms with Crippen LogP contribution in [-0.2, 0) is 17.6 Å². The van der Waals surface area contributed by atoms with Crippen molar-refractivity contribution in [2.24, 2.45) is 5.73 Å². The van der Waals surface area contributed by atoms with Gasteiger partial charge in [-0.2, -0.15) is 4.98 Å². The second-order valence-corrected chi connectivity index (χ2v) is 6.97. The van der Waals surface area contributed by atoms with Crippen molar-refractivity contribution in [2.45, 2.75) is 43.2 Å². The van der Waals surface area contributed by atoms with E-state index >= 15 is 0 Å². The summed E-state index contributed by atoms with van der Waals surface area (Å²) in [7, 11) is 0. The van der Waals surface area contributed by atoms with Crippen molar-refractivity contribution in [2.75, 3.05) is 0 Å². The van der Waals surface area contributed by atoms with Crippen LogP contribution in [0.5, 0.6) is 0 Å². The molecule has 0 radical (unpaired) electrons. The lowest BCUT2D eigenvalue weighted by Gasteiger charge is -2.01. The largest absolute Gasteiger partial charge is 0.369 e. The van der Waals surface area contributed by atoms with Crippen LogP contribution in [-0.4, -0.2) is 21.0 Å². The zero-order chi connectivity index (χ0) is 14.7. The van der Waals surface area contributed by atoms with Crippen LogP contribution >= 0.6 is 23.1 Å². The first-order chi connectivity index (χ1) is 9.49. The van der Waals surface area contributed by atoms with E-state index in [1.807, 2.05) is 20.8 Å². The normalized spacial score (nSPS) is 12.6. The minimum Gasteiger partial charge on any atom is -0.369 e. The molecule has 0 spiro atoms. The average molecular weight is 312 g/mol. The number of hydrogen-bond acceptors (Lipinski definition) is 7. The summed E-state index contributed by atoms with van der Waals surface area (Å²) in [6.45, 7) is 5.85. The lowest BCUT2D eigenvalue weighted by Crippen LogP contribution is -2.13. The fourth-order valence-electron chi connectivity index (χ4n) is 1.55. The lowest BCUT2D eigenvalue weighted by atomic mass is 10.3. The number of hydrogen-bond donors (Lipinski definition) is 1. The van der Waals surface area contributed by atoms with Crippen LogP contribution in [0.3, 0.4) is 0 Å². The number of thioether (sulfide) groups is 1. The van der Waals surface area contributed by atoms with E-state index in [-0.39, 0.29) is 17.6 Å². The number of carbonyl (C=O) groups excluding carboxylic acids is 1. The van der Waals surface area contributed by atoms with Gasteiger partial charge in [0.05, 0.1) is 17.4 Å². The van der Waals surface area contributed by atoms with E-state index in [2.05, 4.69) is 15.1 Å². The third kappa shape index (κ3) is 3.57. The van der Waals surface area contributed by atoms with E-state index in [0.29, 0.717) is 11.7 Å².